The minimum absolute atomic E-state index is 0.0711. The van der Waals surface area contributed by atoms with Gasteiger partial charge in [0.2, 0.25) is 0 Å². The molecule has 0 aliphatic rings. The van der Waals surface area contributed by atoms with Crippen LogP contribution in [0.3, 0.4) is 0 Å². The number of Topliss-reactive ketones (excluding diaryl/α,β-unsaturated/α-hetero) is 1. The van der Waals surface area contributed by atoms with E-state index in [9.17, 15) is 4.79 Å². The molecule has 0 saturated heterocycles. The fourth-order valence-corrected chi connectivity index (χ4v) is 2.54. The highest BCUT2D eigenvalue weighted by Crippen LogP contribution is 2.21. The molecule has 0 unspecified atom stereocenters. The molecule has 0 amide bonds. The Morgan fingerprint density at radius 2 is 1.86 bits per heavy atom. The van der Waals surface area contributed by atoms with Crippen LogP contribution in [0, 0.1) is 0 Å². The Morgan fingerprint density at radius 1 is 1.14 bits per heavy atom. The largest absolute Gasteiger partial charge is 0.378 e. The molecule has 0 spiro atoms. The van der Waals surface area contributed by atoms with Crippen molar-refractivity contribution in [3.8, 4) is 0 Å². The summed E-state index contributed by atoms with van der Waals surface area (Å²) in [6.07, 6.45) is 1.89. The molecule has 106 valence electrons. The number of aryl methyl sites for hydroxylation is 1. The number of hydrogen-bond acceptors (Lipinski definition) is 2. The number of anilines is 1. The number of carbonyl (C=O) groups is 1. The summed E-state index contributed by atoms with van der Waals surface area (Å²) in [4.78, 5) is 12.4. The van der Waals surface area contributed by atoms with Gasteiger partial charge in [0.1, 0.15) is 0 Å². The van der Waals surface area contributed by atoms with Gasteiger partial charge in [0.25, 0.3) is 0 Å². The van der Waals surface area contributed by atoms with E-state index in [0.29, 0.717) is 5.02 Å². The molecule has 4 heteroatoms. The number of ketones is 1. The van der Waals surface area contributed by atoms with Crippen LogP contribution in [0.4, 0.5) is 5.69 Å². The number of nitrogens with one attached hydrogen (secondary N) is 1. The van der Waals surface area contributed by atoms with Crippen molar-refractivity contribution in [3.63, 3.8) is 0 Å². The monoisotopic (exact) mass is 298 g/mol. The van der Waals surface area contributed by atoms with Crippen molar-refractivity contribution in [1.29, 1.82) is 0 Å². The van der Waals surface area contributed by atoms with E-state index in [1.807, 2.05) is 54.2 Å². The molecule has 0 saturated carbocycles. The third-order valence-corrected chi connectivity index (χ3v) is 3.75. The van der Waals surface area contributed by atoms with Crippen LogP contribution in [-0.4, -0.2) is 16.9 Å². The van der Waals surface area contributed by atoms with Crippen molar-refractivity contribution >= 4 is 34.0 Å². The minimum Gasteiger partial charge on any atom is -0.378 e. The summed E-state index contributed by atoms with van der Waals surface area (Å²) in [5, 5.41) is 4.80. The molecule has 3 nitrogen and oxygen atoms in total. The molecular weight excluding hydrogens is 284 g/mol. The summed E-state index contributed by atoms with van der Waals surface area (Å²) >= 11 is 5.84. The number of rotatable bonds is 4. The highest BCUT2D eigenvalue weighted by atomic mass is 35.5. The lowest BCUT2D eigenvalue weighted by Crippen LogP contribution is -2.13. The first-order valence-corrected chi connectivity index (χ1v) is 7.09. The lowest BCUT2D eigenvalue weighted by atomic mass is 10.1. The first-order valence-electron chi connectivity index (χ1n) is 6.72. The van der Waals surface area contributed by atoms with Crippen LogP contribution in [0.2, 0.25) is 5.02 Å². The van der Waals surface area contributed by atoms with Crippen LogP contribution < -0.4 is 5.32 Å². The summed E-state index contributed by atoms with van der Waals surface area (Å²) in [6.45, 7) is 0.260. The maximum atomic E-state index is 12.4. The number of carbonyl (C=O) groups excluding carboxylic acids is 1. The van der Waals surface area contributed by atoms with Gasteiger partial charge in [0.05, 0.1) is 6.54 Å². The van der Waals surface area contributed by atoms with Gasteiger partial charge < -0.3 is 9.88 Å². The van der Waals surface area contributed by atoms with Gasteiger partial charge in [-0.25, -0.2) is 0 Å². The zero-order valence-corrected chi connectivity index (χ0v) is 12.4. The number of fused-ring (bicyclic) bond motifs is 1. The molecule has 1 N–H and O–H groups in total. The van der Waals surface area contributed by atoms with Crippen LogP contribution >= 0.6 is 11.6 Å². The molecular formula is C17H15ClN2O. The SMILES string of the molecule is Cn1cc(C(=O)CNc2ccc(Cl)cc2)c2ccccc21. The van der Waals surface area contributed by atoms with E-state index in [1.54, 1.807) is 12.1 Å². The van der Waals surface area contributed by atoms with Crippen LogP contribution in [0.15, 0.2) is 54.7 Å². The Kier molecular flexibility index (Phi) is 3.67. The van der Waals surface area contributed by atoms with Gasteiger partial charge in [-0.15, -0.1) is 0 Å². The summed E-state index contributed by atoms with van der Waals surface area (Å²) < 4.78 is 1.98. The molecule has 21 heavy (non-hydrogen) atoms. The van der Waals surface area contributed by atoms with Crippen molar-refractivity contribution in [2.75, 3.05) is 11.9 Å². The zero-order chi connectivity index (χ0) is 14.8. The number of benzene rings is 2. The number of nitrogens with zero attached hydrogens (tertiary/aromatic N) is 1. The van der Waals surface area contributed by atoms with Gasteiger partial charge in [0.15, 0.2) is 5.78 Å². The van der Waals surface area contributed by atoms with Crippen LogP contribution in [0.1, 0.15) is 10.4 Å². The smallest absolute Gasteiger partial charge is 0.184 e. The number of hydrogen-bond donors (Lipinski definition) is 1. The Bertz CT molecular complexity index is 790. The average molecular weight is 299 g/mol. The van der Waals surface area contributed by atoms with Gasteiger partial charge in [-0.2, -0.15) is 0 Å². The maximum Gasteiger partial charge on any atom is 0.184 e. The summed E-state index contributed by atoms with van der Waals surface area (Å²) in [5.74, 6) is 0.0711. The van der Waals surface area contributed by atoms with Crippen molar-refractivity contribution in [2.24, 2.45) is 7.05 Å². The predicted molar refractivity (Wildman–Crippen MR) is 87.2 cm³/mol. The van der Waals surface area contributed by atoms with E-state index in [1.165, 1.54) is 0 Å². The van der Waals surface area contributed by atoms with Crippen molar-refractivity contribution in [1.82, 2.24) is 4.57 Å². The molecule has 1 heterocycles. The standard InChI is InChI=1S/C17H15ClN2O/c1-20-11-15(14-4-2-3-5-16(14)20)17(21)10-19-13-8-6-12(18)7-9-13/h2-9,11,19H,10H2,1H3. The van der Waals surface area contributed by atoms with Crippen molar-refractivity contribution < 1.29 is 4.79 Å². The molecule has 0 aliphatic carbocycles. The summed E-state index contributed by atoms with van der Waals surface area (Å²) in [6, 6.07) is 15.2. The highest BCUT2D eigenvalue weighted by molar-refractivity contribution is 6.30. The first kappa shape index (κ1) is 13.7. The van der Waals surface area contributed by atoms with E-state index in [2.05, 4.69) is 5.32 Å². The number of para-hydroxylation sites is 1. The van der Waals surface area contributed by atoms with Gasteiger partial charge >= 0.3 is 0 Å². The van der Waals surface area contributed by atoms with Gasteiger partial charge in [-0.3, -0.25) is 4.79 Å². The highest BCUT2D eigenvalue weighted by Gasteiger charge is 2.13. The molecule has 0 atom stereocenters. The average Bonchev–Trinajstić information content (AvgIpc) is 2.84. The van der Waals surface area contributed by atoms with Crippen LogP contribution in [-0.2, 0) is 7.05 Å². The van der Waals surface area contributed by atoms with Gasteiger partial charge in [-0.05, 0) is 30.3 Å². The predicted octanol–water partition coefficient (Wildman–Crippen LogP) is 4.13. The molecule has 3 rings (SSSR count). The topological polar surface area (TPSA) is 34.0 Å². The Labute approximate surface area is 128 Å². The van der Waals surface area contributed by atoms with Crippen molar-refractivity contribution in [3.05, 3.63) is 65.3 Å². The van der Waals surface area contributed by atoms with E-state index < -0.39 is 0 Å². The quantitative estimate of drug-likeness (QED) is 0.735. The Hall–Kier alpha value is -2.26. The molecule has 0 aliphatic heterocycles. The first-order chi connectivity index (χ1) is 10.1. The van der Waals surface area contributed by atoms with Gasteiger partial charge in [-0.1, -0.05) is 29.8 Å². The van der Waals surface area contributed by atoms with Crippen molar-refractivity contribution in [2.45, 2.75) is 0 Å². The lowest BCUT2D eigenvalue weighted by molar-refractivity contribution is 0.101. The molecule has 0 radical (unpaired) electrons. The van der Waals surface area contributed by atoms with E-state index >= 15 is 0 Å². The second kappa shape index (κ2) is 5.62. The number of aromatic nitrogens is 1. The molecule has 0 fully saturated rings. The minimum atomic E-state index is 0.0711. The summed E-state index contributed by atoms with van der Waals surface area (Å²) in [7, 11) is 1.95. The third kappa shape index (κ3) is 2.78. The van der Waals surface area contributed by atoms with Crippen LogP contribution in [0.5, 0.6) is 0 Å². The second-order valence-electron chi connectivity index (χ2n) is 4.95. The lowest BCUT2D eigenvalue weighted by Gasteiger charge is -2.05. The molecule has 1 aromatic heterocycles. The van der Waals surface area contributed by atoms with E-state index in [-0.39, 0.29) is 12.3 Å². The molecule has 2 aromatic carbocycles. The molecule has 3 aromatic rings. The second-order valence-corrected chi connectivity index (χ2v) is 5.39. The fourth-order valence-electron chi connectivity index (χ4n) is 2.41. The number of halogens is 1. The summed E-state index contributed by atoms with van der Waals surface area (Å²) in [5.41, 5.74) is 2.69. The normalized spacial score (nSPS) is 10.8. The fraction of sp³-hybridized carbons (Fsp3) is 0.118. The molecule has 0 bridgehead atoms. The maximum absolute atomic E-state index is 12.4. The van der Waals surface area contributed by atoms with Gasteiger partial charge in [0, 0.05) is 40.4 Å². The van der Waals surface area contributed by atoms with Crippen LogP contribution in [0.25, 0.3) is 10.9 Å². The Morgan fingerprint density at radius 3 is 2.62 bits per heavy atom. The van der Waals surface area contributed by atoms with E-state index in [0.717, 1.165) is 22.2 Å². The third-order valence-electron chi connectivity index (χ3n) is 3.49. The zero-order valence-electron chi connectivity index (χ0n) is 11.6. The Balaban J connectivity index is 1.79. The van der Waals surface area contributed by atoms with E-state index in [4.69, 9.17) is 11.6 Å².